The van der Waals surface area contributed by atoms with Crippen LogP contribution < -0.4 is 10.6 Å². The van der Waals surface area contributed by atoms with Crippen molar-refractivity contribution in [1.82, 2.24) is 10.3 Å². The molecule has 0 radical (unpaired) electrons. The molecule has 3 N–H and O–H groups in total. The lowest BCUT2D eigenvalue weighted by atomic mass is 9.62. The van der Waals surface area contributed by atoms with Crippen LogP contribution in [0.1, 0.15) is 35.7 Å². The number of carbonyl (C=O) groups excluding carboxylic acids is 2. The largest absolute Gasteiger partial charge is 0.480 e. The average Bonchev–Trinajstić information content (AvgIpc) is 2.82. The molecule has 1 unspecified atom stereocenters. The van der Waals surface area contributed by atoms with E-state index in [1.54, 1.807) is 31.2 Å². The number of benzene rings is 1. The Morgan fingerprint density at radius 3 is 2.35 bits per heavy atom. The number of pyridine rings is 1. The molecule has 1 aliphatic heterocycles. The normalized spacial score (nSPS) is 17.8. The third-order valence-electron chi connectivity index (χ3n) is 6.32. The third-order valence-corrected chi connectivity index (χ3v) is 6.90. The summed E-state index contributed by atoms with van der Waals surface area (Å²) in [5, 5.41) is 15.9. The Balaban J connectivity index is 1.45. The fraction of sp³-hybridized carbons (Fsp3) is 0.333. The fourth-order valence-electron chi connectivity index (χ4n) is 4.48. The van der Waals surface area contributed by atoms with Crippen LogP contribution in [0.5, 0.6) is 0 Å². The molecule has 2 aromatic rings. The Hall–Kier alpha value is -2.94. The van der Waals surface area contributed by atoms with Crippen molar-refractivity contribution in [2.24, 2.45) is 5.41 Å². The highest BCUT2D eigenvalue weighted by atomic mass is 35.5. The summed E-state index contributed by atoms with van der Waals surface area (Å²) in [6, 6.07) is 5.91. The number of ketones is 1. The minimum absolute atomic E-state index is 0.0666. The lowest BCUT2D eigenvalue weighted by molar-refractivity contribution is -0.140. The lowest BCUT2D eigenvalue weighted by Crippen LogP contribution is -2.55. The number of carbonyl (C=O) groups is 3. The second-order valence-electron chi connectivity index (χ2n) is 8.39. The molecule has 178 valence electrons. The van der Waals surface area contributed by atoms with Crippen LogP contribution in [0.25, 0.3) is 0 Å². The van der Waals surface area contributed by atoms with E-state index < -0.39 is 23.3 Å². The molecule has 2 heterocycles. The smallest absolute Gasteiger partial charge is 0.326 e. The molecule has 1 saturated heterocycles. The molecule has 1 aromatic carbocycles. The van der Waals surface area contributed by atoms with E-state index in [9.17, 15) is 19.5 Å². The number of Topliss-reactive ketones (excluding diaryl/α,β-unsaturated/α-hetero) is 1. The van der Waals surface area contributed by atoms with Crippen molar-refractivity contribution in [2.45, 2.75) is 32.2 Å². The number of rotatable bonds is 7. The third kappa shape index (κ3) is 4.53. The Morgan fingerprint density at radius 2 is 1.76 bits per heavy atom. The minimum atomic E-state index is -1.01. The zero-order valence-electron chi connectivity index (χ0n) is 18.4. The number of aliphatic carboxylic acids is 1. The quantitative estimate of drug-likeness (QED) is 0.524. The summed E-state index contributed by atoms with van der Waals surface area (Å²) < 4.78 is 5.39. The van der Waals surface area contributed by atoms with Crippen LogP contribution in [0.3, 0.4) is 0 Å². The number of carboxylic acid groups (broad SMARTS) is 1. The number of hydrogen-bond donors (Lipinski definition) is 3. The van der Waals surface area contributed by atoms with Crippen LogP contribution in [0.4, 0.5) is 5.69 Å². The van der Waals surface area contributed by atoms with Crippen LogP contribution in [0, 0.1) is 5.41 Å². The first-order chi connectivity index (χ1) is 16.2. The summed E-state index contributed by atoms with van der Waals surface area (Å²) >= 11 is 12.1. The Labute approximate surface area is 206 Å². The second kappa shape index (κ2) is 9.74. The maximum atomic E-state index is 12.6. The van der Waals surface area contributed by atoms with Crippen molar-refractivity contribution >= 4 is 46.5 Å². The maximum absolute atomic E-state index is 12.6. The van der Waals surface area contributed by atoms with Crippen molar-refractivity contribution in [3.63, 3.8) is 0 Å². The highest BCUT2D eigenvalue weighted by molar-refractivity contribution is 6.40. The van der Waals surface area contributed by atoms with Gasteiger partial charge in [-0.05, 0) is 37.5 Å². The second-order valence-corrected chi connectivity index (χ2v) is 9.21. The first kappa shape index (κ1) is 24.2. The van der Waals surface area contributed by atoms with E-state index in [0.29, 0.717) is 43.0 Å². The van der Waals surface area contributed by atoms with Crippen LogP contribution in [-0.4, -0.2) is 47.0 Å². The van der Waals surface area contributed by atoms with Gasteiger partial charge in [0.2, 0.25) is 0 Å². The molecule has 1 aromatic heterocycles. The molecule has 0 saturated carbocycles. The van der Waals surface area contributed by atoms with Crippen molar-refractivity contribution in [2.75, 3.05) is 18.5 Å². The number of nitrogens with one attached hydrogen (secondary N) is 2. The molecule has 8 nitrogen and oxygen atoms in total. The molecule has 1 spiro atoms. The lowest BCUT2D eigenvalue weighted by Gasteiger charge is -2.46. The Morgan fingerprint density at radius 1 is 1.15 bits per heavy atom. The fourth-order valence-corrected chi connectivity index (χ4v) is 5.02. The molecule has 4 rings (SSSR count). The van der Waals surface area contributed by atoms with E-state index >= 15 is 0 Å². The number of anilines is 1. The monoisotopic (exact) mass is 503 g/mol. The van der Waals surface area contributed by atoms with Crippen LogP contribution in [0.2, 0.25) is 10.0 Å². The van der Waals surface area contributed by atoms with Crippen LogP contribution in [0.15, 0.2) is 47.9 Å². The highest BCUT2D eigenvalue weighted by Gasteiger charge is 2.53. The maximum Gasteiger partial charge on any atom is 0.326 e. The van der Waals surface area contributed by atoms with Crippen molar-refractivity contribution in [3.05, 3.63) is 69.1 Å². The predicted molar refractivity (Wildman–Crippen MR) is 127 cm³/mol. The summed E-state index contributed by atoms with van der Waals surface area (Å²) in [5.41, 5.74) is 2.02. The van der Waals surface area contributed by atoms with Crippen LogP contribution >= 0.6 is 23.2 Å². The van der Waals surface area contributed by atoms with Gasteiger partial charge in [0.25, 0.3) is 5.91 Å². The predicted octanol–water partition coefficient (Wildman–Crippen LogP) is 3.88. The van der Waals surface area contributed by atoms with Gasteiger partial charge in [-0.1, -0.05) is 35.3 Å². The van der Waals surface area contributed by atoms with E-state index in [2.05, 4.69) is 15.6 Å². The standard InChI is InChI=1S/C24H23Cl2N3O5/c1-13-20(24(21(13)30)6-8-34-9-7-24)29-18(23(32)33)10-14-2-4-15(5-3-14)28-22(31)19-16(25)11-27-12-17(19)26/h2-5,11-12,18,29H,6-10H2,1H3,(H,28,31)(H,32,33). The molecule has 1 atom stereocenters. The van der Waals surface area contributed by atoms with Gasteiger partial charge in [-0.2, -0.15) is 0 Å². The average molecular weight is 504 g/mol. The molecular formula is C24H23Cl2N3O5. The molecule has 1 fully saturated rings. The number of nitrogens with zero attached hydrogens (tertiary/aromatic N) is 1. The first-order valence-electron chi connectivity index (χ1n) is 10.8. The molecule has 34 heavy (non-hydrogen) atoms. The number of halogens is 2. The molecule has 10 heteroatoms. The number of hydrogen-bond acceptors (Lipinski definition) is 6. The van der Waals surface area contributed by atoms with Gasteiger partial charge in [-0.15, -0.1) is 0 Å². The molecule has 2 aliphatic rings. The zero-order valence-corrected chi connectivity index (χ0v) is 19.9. The van der Waals surface area contributed by atoms with Gasteiger partial charge in [0.1, 0.15) is 6.04 Å². The van der Waals surface area contributed by atoms with Crippen molar-refractivity contribution < 1.29 is 24.2 Å². The SMILES string of the molecule is CC1=C(NC(Cc2ccc(NC(=O)c3c(Cl)cncc3Cl)cc2)C(=O)O)C2(CCOCC2)C1=O. The van der Waals surface area contributed by atoms with Gasteiger partial charge in [-0.3, -0.25) is 14.6 Å². The molecule has 1 aliphatic carbocycles. The number of ether oxygens (including phenoxy) is 1. The van der Waals surface area contributed by atoms with E-state index in [1.807, 2.05) is 0 Å². The van der Waals surface area contributed by atoms with Gasteiger partial charge < -0.3 is 20.5 Å². The van der Waals surface area contributed by atoms with Crippen molar-refractivity contribution in [3.8, 4) is 0 Å². The Kier molecular flexibility index (Phi) is 6.93. The summed E-state index contributed by atoms with van der Waals surface area (Å²) in [5.74, 6) is -1.42. The highest BCUT2D eigenvalue weighted by Crippen LogP contribution is 2.48. The van der Waals surface area contributed by atoms with Gasteiger partial charge >= 0.3 is 5.97 Å². The van der Waals surface area contributed by atoms with Crippen molar-refractivity contribution in [1.29, 1.82) is 0 Å². The summed E-state index contributed by atoms with van der Waals surface area (Å²) in [4.78, 5) is 40.9. The summed E-state index contributed by atoms with van der Waals surface area (Å²) in [6.07, 6.45) is 3.97. The minimum Gasteiger partial charge on any atom is -0.480 e. The summed E-state index contributed by atoms with van der Waals surface area (Å²) in [6.45, 7) is 2.68. The van der Waals surface area contributed by atoms with E-state index in [4.69, 9.17) is 27.9 Å². The molecular weight excluding hydrogens is 481 g/mol. The van der Waals surface area contributed by atoms with Gasteiger partial charge in [0, 0.05) is 49.0 Å². The molecule has 1 amide bonds. The van der Waals surface area contributed by atoms with E-state index in [-0.39, 0.29) is 27.8 Å². The number of allylic oxidation sites excluding steroid dienone is 2. The van der Waals surface area contributed by atoms with Gasteiger partial charge in [-0.25, -0.2) is 4.79 Å². The molecule has 0 bridgehead atoms. The zero-order chi connectivity index (χ0) is 24.5. The van der Waals surface area contributed by atoms with Gasteiger partial charge in [0.05, 0.1) is 21.0 Å². The van der Waals surface area contributed by atoms with Crippen LogP contribution in [-0.2, 0) is 20.7 Å². The van der Waals surface area contributed by atoms with E-state index in [1.165, 1.54) is 12.4 Å². The van der Waals surface area contributed by atoms with Gasteiger partial charge in [0.15, 0.2) is 5.78 Å². The Bertz CT molecular complexity index is 1150. The topological polar surface area (TPSA) is 118 Å². The van der Waals surface area contributed by atoms with E-state index in [0.717, 1.165) is 5.56 Å². The number of amides is 1. The number of aromatic nitrogens is 1. The number of carboxylic acids is 1. The first-order valence-corrected chi connectivity index (χ1v) is 11.5. The summed E-state index contributed by atoms with van der Waals surface area (Å²) in [7, 11) is 0.